The van der Waals surface area contributed by atoms with Crippen LogP contribution in [-0.2, 0) is 32.7 Å². The van der Waals surface area contributed by atoms with Crippen LogP contribution >= 0.6 is 0 Å². The summed E-state index contributed by atoms with van der Waals surface area (Å²) in [6.45, 7) is 2.28. The fourth-order valence-corrected chi connectivity index (χ4v) is 8.25. The van der Waals surface area contributed by atoms with Crippen molar-refractivity contribution in [3.05, 3.63) is 120 Å². The SMILES string of the molecule is C[N+]1(Cc2ccc3c(c2)OCO3)CCC[C@H](N(C(=O)Nc2ccc(OS(=O)(=O)c3ccc4ccccc4c3)cc2)[C@@H](Cc2ccc(O)cc2)C(N)=O)C1.O=C([O-])C(F)(F)F. The second-order valence-electron chi connectivity index (χ2n) is 14.6. The van der Waals surface area contributed by atoms with E-state index in [1.54, 1.807) is 41.3 Å². The Kier molecular flexibility index (Phi) is 12.7. The first-order valence-electron chi connectivity index (χ1n) is 18.6. The quantitative estimate of drug-likeness (QED) is 0.119. The molecule has 60 heavy (non-hydrogen) atoms. The maximum atomic E-state index is 14.3. The van der Waals surface area contributed by atoms with Crippen molar-refractivity contribution in [2.45, 2.75) is 49.0 Å². The number of likely N-dealkylation sites (N-methyl/N-ethyl adjacent to an activating group) is 1. The predicted octanol–water partition coefficient (Wildman–Crippen LogP) is 5.08. The number of anilines is 1. The van der Waals surface area contributed by atoms with E-state index >= 15 is 0 Å². The van der Waals surface area contributed by atoms with Crippen molar-refractivity contribution in [1.82, 2.24) is 4.90 Å². The number of aliphatic carboxylic acids is 1. The van der Waals surface area contributed by atoms with Gasteiger partial charge in [0.25, 0.3) is 0 Å². The second-order valence-corrected chi connectivity index (χ2v) is 16.2. The van der Waals surface area contributed by atoms with E-state index in [0.29, 0.717) is 41.2 Å². The van der Waals surface area contributed by atoms with E-state index in [2.05, 4.69) is 12.4 Å². The zero-order valence-corrected chi connectivity index (χ0v) is 32.9. The molecule has 4 N–H and O–H groups in total. The Balaban J connectivity index is 0.000000793. The van der Waals surface area contributed by atoms with Crippen molar-refractivity contribution in [2.75, 3.05) is 32.2 Å². The van der Waals surface area contributed by atoms with Crippen molar-refractivity contribution in [3.8, 4) is 23.0 Å². The molecular weight excluding hydrogens is 810 g/mol. The average molecular weight is 851 g/mol. The van der Waals surface area contributed by atoms with Crippen molar-refractivity contribution >= 4 is 44.5 Å². The molecule has 5 aromatic carbocycles. The fraction of sp³-hybridized carbons (Fsp3) is 0.262. The first kappa shape index (κ1) is 43.1. The van der Waals surface area contributed by atoms with Crippen LogP contribution in [0.4, 0.5) is 23.7 Å². The minimum absolute atomic E-state index is 0.0201. The Bertz CT molecular complexity index is 2470. The lowest BCUT2D eigenvalue weighted by Crippen LogP contribution is -2.62. The lowest BCUT2D eigenvalue weighted by Gasteiger charge is -2.46. The molecule has 0 radical (unpaired) electrons. The Labute approximate surface area is 343 Å². The Morgan fingerprint density at radius 1 is 0.933 bits per heavy atom. The smallest absolute Gasteiger partial charge is 0.430 e. The number of ether oxygens (including phenoxy) is 2. The van der Waals surface area contributed by atoms with Crippen LogP contribution < -0.4 is 29.8 Å². The third-order valence-corrected chi connectivity index (χ3v) is 11.3. The van der Waals surface area contributed by atoms with Gasteiger partial charge in [0.1, 0.15) is 35.0 Å². The number of carbonyl (C=O) groups excluding carboxylic acids is 3. The molecule has 3 atom stereocenters. The van der Waals surface area contributed by atoms with E-state index < -0.39 is 40.2 Å². The number of alkyl halides is 3. The summed E-state index contributed by atoms with van der Waals surface area (Å²) < 4.78 is 74.9. The number of benzene rings is 5. The normalized spacial score (nSPS) is 17.8. The molecule has 0 saturated carbocycles. The summed E-state index contributed by atoms with van der Waals surface area (Å²) in [4.78, 5) is 37.9. The van der Waals surface area contributed by atoms with E-state index in [9.17, 15) is 36.3 Å². The highest BCUT2D eigenvalue weighted by molar-refractivity contribution is 7.87. The maximum Gasteiger partial charge on any atom is 0.430 e. The molecule has 3 amide bonds. The number of likely N-dealkylation sites (tertiary alicyclic amines) is 1. The number of hydrogen-bond donors (Lipinski definition) is 3. The number of aromatic hydroxyl groups is 1. The van der Waals surface area contributed by atoms with Gasteiger partial charge < -0.3 is 49.1 Å². The van der Waals surface area contributed by atoms with Crippen LogP contribution in [0.1, 0.15) is 24.0 Å². The van der Waals surface area contributed by atoms with Crippen LogP contribution in [0.15, 0.2) is 114 Å². The van der Waals surface area contributed by atoms with Gasteiger partial charge in [-0.3, -0.25) is 4.79 Å². The molecule has 5 aromatic rings. The molecule has 1 saturated heterocycles. The Morgan fingerprint density at radius 2 is 1.58 bits per heavy atom. The Morgan fingerprint density at radius 3 is 2.25 bits per heavy atom. The van der Waals surface area contributed by atoms with Crippen LogP contribution in [-0.4, -0.2) is 86.0 Å². The number of carbonyl (C=O) groups is 3. The number of nitrogens with one attached hydrogen (secondary N) is 1. The van der Waals surface area contributed by atoms with E-state index in [-0.39, 0.29) is 35.7 Å². The van der Waals surface area contributed by atoms with Gasteiger partial charge >= 0.3 is 22.3 Å². The van der Waals surface area contributed by atoms with Crippen LogP contribution in [0.5, 0.6) is 23.0 Å². The third kappa shape index (κ3) is 10.7. The first-order chi connectivity index (χ1) is 28.4. The number of quaternary nitrogens is 1. The van der Waals surface area contributed by atoms with Gasteiger partial charge in [0.2, 0.25) is 12.7 Å². The van der Waals surface area contributed by atoms with Crippen LogP contribution in [0.2, 0.25) is 0 Å². The standard InChI is InChI=1S/C40H40N4O8S.C2HF3O2/c1-44(24-28-10-19-37-38(22-28)51-26-50-37)20-4-7-32(25-44)43(36(39(41)46)21-27-8-14-33(45)15-9-27)40(47)42-31-12-16-34(17-13-31)52-53(48,49)35-18-11-29-5-2-3-6-30(29)23-35;3-2(4,5)1(6)7/h2-3,5-6,8-19,22-23,32,36H,4,7,20-21,24-26H2,1H3,(H3-,41,42,45,46,47);(H,6,7)/t32-,36-,44?;/m0./s1. The van der Waals surface area contributed by atoms with Crippen LogP contribution in [0.25, 0.3) is 10.8 Å². The molecular formula is C42H41F3N4O10S. The summed E-state index contributed by atoms with van der Waals surface area (Å²) in [5.74, 6) is -2.10. The van der Waals surface area contributed by atoms with Gasteiger partial charge in [-0.1, -0.05) is 42.5 Å². The number of carboxylic acids is 1. The second kappa shape index (κ2) is 17.8. The number of primary amides is 1. The highest BCUT2D eigenvalue weighted by Gasteiger charge is 2.41. The number of rotatable bonds is 11. The molecule has 2 aliphatic rings. The van der Waals surface area contributed by atoms with E-state index in [4.69, 9.17) is 29.3 Å². The number of nitrogens with two attached hydrogens (primary N) is 1. The lowest BCUT2D eigenvalue weighted by molar-refractivity contribution is -0.928. The summed E-state index contributed by atoms with van der Waals surface area (Å²) in [7, 11) is -2.00. The molecule has 18 heteroatoms. The number of piperidine rings is 1. The summed E-state index contributed by atoms with van der Waals surface area (Å²) in [6.07, 6.45) is -3.59. The zero-order valence-electron chi connectivity index (χ0n) is 32.1. The number of hydrogen-bond acceptors (Lipinski definition) is 10. The molecule has 0 aliphatic carbocycles. The lowest BCUT2D eigenvalue weighted by atomic mass is 9.96. The summed E-state index contributed by atoms with van der Waals surface area (Å²) >= 11 is 0. The number of phenols is 1. The van der Waals surface area contributed by atoms with Gasteiger partial charge in [0.05, 0.1) is 26.2 Å². The average Bonchev–Trinajstić information content (AvgIpc) is 3.67. The topological polar surface area (TPSA) is 198 Å². The minimum Gasteiger partial charge on any atom is -0.542 e. The molecule has 1 unspecified atom stereocenters. The zero-order chi connectivity index (χ0) is 43.2. The van der Waals surface area contributed by atoms with Gasteiger partial charge in [-0.25, -0.2) is 4.79 Å². The minimum atomic E-state index is -5.19. The summed E-state index contributed by atoms with van der Waals surface area (Å²) in [6, 6.07) is 28.7. The molecule has 7 rings (SSSR count). The number of halogens is 3. The van der Waals surface area contributed by atoms with Gasteiger partial charge in [0, 0.05) is 17.7 Å². The summed E-state index contributed by atoms with van der Waals surface area (Å²) in [5.41, 5.74) is 8.20. The number of fused-ring (bicyclic) bond motifs is 2. The molecule has 2 heterocycles. The van der Waals surface area contributed by atoms with Crippen LogP contribution in [0.3, 0.4) is 0 Å². The molecule has 1 fully saturated rings. The largest absolute Gasteiger partial charge is 0.542 e. The van der Waals surface area contributed by atoms with Gasteiger partial charge in [0.15, 0.2) is 11.5 Å². The van der Waals surface area contributed by atoms with Gasteiger partial charge in [-0.05, 0) is 95.9 Å². The highest BCUT2D eigenvalue weighted by atomic mass is 32.2. The Hall–Kier alpha value is -6.53. The maximum absolute atomic E-state index is 14.3. The molecule has 14 nitrogen and oxygen atoms in total. The van der Waals surface area contributed by atoms with E-state index in [1.807, 2.05) is 42.5 Å². The molecule has 2 aliphatic heterocycles. The third-order valence-electron chi connectivity index (χ3n) is 10.1. The molecule has 0 bridgehead atoms. The number of phenolic OH excluding ortho intramolecular Hbond substituents is 1. The number of urea groups is 1. The van der Waals surface area contributed by atoms with Crippen molar-refractivity contribution in [2.24, 2.45) is 5.73 Å². The van der Waals surface area contributed by atoms with Gasteiger partial charge in [-0.15, -0.1) is 0 Å². The number of carboxylic acid groups (broad SMARTS) is 1. The van der Waals surface area contributed by atoms with Crippen molar-refractivity contribution < 1.29 is 64.3 Å². The van der Waals surface area contributed by atoms with Crippen LogP contribution in [0, 0.1) is 0 Å². The highest BCUT2D eigenvalue weighted by Crippen LogP contribution is 2.35. The van der Waals surface area contributed by atoms with E-state index in [1.165, 1.54) is 30.3 Å². The number of amides is 3. The van der Waals surface area contributed by atoms with Crippen molar-refractivity contribution in [1.29, 1.82) is 0 Å². The monoisotopic (exact) mass is 850 g/mol. The summed E-state index contributed by atoms with van der Waals surface area (Å²) in [5, 5.41) is 23.2. The molecule has 0 spiro atoms. The van der Waals surface area contributed by atoms with Crippen molar-refractivity contribution in [3.63, 3.8) is 0 Å². The van der Waals surface area contributed by atoms with Gasteiger partial charge in [-0.2, -0.15) is 21.6 Å². The molecule has 316 valence electrons. The fourth-order valence-electron chi connectivity index (χ4n) is 7.28. The first-order valence-corrected chi connectivity index (χ1v) is 20.0. The predicted molar refractivity (Wildman–Crippen MR) is 210 cm³/mol. The number of nitrogens with zero attached hydrogens (tertiary/aromatic N) is 2. The molecule has 0 aromatic heterocycles. The van der Waals surface area contributed by atoms with E-state index in [0.717, 1.165) is 34.9 Å².